The first-order chi connectivity index (χ1) is 13.0. The SMILES string of the molecule is Cc1noc(-c2c(NC(=O)Nc3c(F)cccc3F)sc3c2CCOC3)n1. The van der Waals surface area contributed by atoms with E-state index in [4.69, 9.17) is 9.26 Å². The van der Waals surface area contributed by atoms with E-state index in [1.807, 2.05) is 0 Å². The minimum absolute atomic E-state index is 0.277. The number of carbonyl (C=O) groups is 1. The molecule has 0 saturated heterocycles. The van der Waals surface area contributed by atoms with Crippen LogP contribution in [0.4, 0.5) is 24.3 Å². The van der Waals surface area contributed by atoms with Crippen molar-refractivity contribution in [3.8, 4) is 11.5 Å². The van der Waals surface area contributed by atoms with E-state index in [2.05, 4.69) is 20.8 Å². The van der Waals surface area contributed by atoms with Crippen LogP contribution < -0.4 is 10.6 Å². The highest BCUT2D eigenvalue weighted by molar-refractivity contribution is 7.17. The van der Waals surface area contributed by atoms with Crippen LogP contribution in [0.2, 0.25) is 0 Å². The van der Waals surface area contributed by atoms with Crippen molar-refractivity contribution in [2.45, 2.75) is 20.0 Å². The lowest BCUT2D eigenvalue weighted by Crippen LogP contribution is -2.20. The molecule has 0 saturated carbocycles. The van der Waals surface area contributed by atoms with Crippen molar-refractivity contribution >= 4 is 28.1 Å². The first-order valence-corrected chi connectivity index (χ1v) is 8.89. The fourth-order valence-electron chi connectivity index (χ4n) is 2.81. The number of rotatable bonds is 3. The number of amides is 2. The summed E-state index contributed by atoms with van der Waals surface area (Å²) in [5.74, 6) is -0.992. The number of hydrogen-bond donors (Lipinski definition) is 2. The zero-order chi connectivity index (χ0) is 19.0. The van der Waals surface area contributed by atoms with Gasteiger partial charge in [-0.05, 0) is 31.0 Å². The predicted octanol–water partition coefficient (Wildman–Crippen LogP) is 4.10. The van der Waals surface area contributed by atoms with Gasteiger partial charge in [0.1, 0.15) is 22.3 Å². The maximum absolute atomic E-state index is 13.8. The van der Waals surface area contributed by atoms with E-state index >= 15 is 0 Å². The molecule has 2 N–H and O–H groups in total. The number of aromatic nitrogens is 2. The Balaban J connectivity index is 1.65. The van der Waals surface area contributed by atoms with E-state index in [0.29, 0.717) is 36.0 Å². The van der Waals surface area contributed by atoms with Gasteiger partial charge in [-0.1, -0.05) is 11.2 Å². The summed E-state index contributed by atoms with van der Waals surface area (Å²) in [5, 5.41) is 9.07. The topological polar surface area (TPSA) is 89.3 Å². The normalized spacial score (nSPS) is 13.3. The largest absolute Gasteiger partial charge is 0.376 e. The molecule has 0 radical (unpaired) electrons. The quantitative estimate of drug-likeness (QED) is 0.700. The van der Waals surface area contributed by atoms with Crippen LogP contribution in [0.5, 0.6) is 0 Å². The minimum Gasteiger partial charge on any atom is -0.376 e. The molecule has 2 aromatic heterocycles. The van der Waals surface area contributed by atoms with Crippen molar-refractivity contribution in [1.29, 1.82) is 0 Å². The molecule has 1 aliphatic rings. The van der Waals surface area contributed by atoms with Gasteiger partial charge in [-0.15, -0.1) is 11.3 Å². The number of carbonyl (C=O) groups excluding carboxylic acids is 1. The number of halogens is 2. The Morgan fingerprint density at radius 1 is 1.26 bits per heavy atom. The number of para-hydroxylation sites is 1. The Bertz CT molecular complexity index is 998. The maximum atomic E-state index is 13.8. The van der Waals surface area contributed by atoms with Crippen molar-refractivity contribution < 1.29 is 22.8 Å². The monoisotopic (exact) mass is 392 g/mol. The lowest BCUT2D eigenvalue weighted by atomic mass is 10.1. The molecule has 10 heteroatoms. The van der Waals surface area contributed by atoms with Crippen LogP contribution in [-0.2, 0) is 17.8 Å². The fourth-order valence-corrected chi connectivity index (χ4v) is 3.98. The molecule has 4 rings (SSSR count). The second kappa shape index (κ2) is 7.05. The zero-order valence-electron chi connectivity index (χ0n) is 14.1. The number of urea groups is 1. The lowest BCUT2D eigenvalue weighted by molar-refractivity contribution is 0.113. The van der Waals surface area contributed by atoms with Gasteiger partial charge in [0.05, 0.1) is 18.8 Å². The Morgan fingerprint density at radius 2 is 2.04 bits per heavy atom. The first kappa shape index (κ1) is 17.6. The second-order valence-electron chi connectivity index (χ2n) is 5.83. The van der Waals surface area contributed by atoms with Gasteiger partial charge in [0.15, 0.2) is 5.82 Å². The molecule has 2 amide bonds. The number of aryl methyl sites for hydroxylation is 1. The van der Waals surface area contributed by atoms with Gasteiger partial charge >= 0.3 is 6.03 Å². The van der Waals surface area contributed by atoms with Crippen LogP contribution in [0.3, 0.4) is 0 Å². The molecule has 7 nitrogen and oxygen atoms in total. The van der Waals surface area contributed by atoms with Crippen molar-refractivity contribution in [3.05, 3.63) is 46.1 Å². The molecular weight excluding hydrogens is 378 g/mol. The van der Waals surface area contributed by atoms with Crippen molar-refractivity contribution in [2.75, 3.05) is 17.2 Å². The Hall–Kier alpha value is -2.85. The number of nitrogens with one attached hydrogen (secondary N) is 2. The highest BCUT2D eigenvalue weighted by Crippen LogP contribution is 2.42. The van der Waals surface area contributed by atoms with Crippen molar-refractivity contribution in [2.24, 2.45) is 0 Å². The molecule has 1 aliphatic heterocycles. The van der Waals surface area contributed by atoms with E-state index in [9.17, 15) is 13.6 Å². The number of nitrogens with zero attached hydrogens (tertiary/aromatic N) is 2. The molecule has 0 aliphatic carbocycles. The number of hydrogen-bond acceptors (Lipinski definition) is 6. The molecule has 3 heterocycles. The average molecular weight is 392 g/mol. The lowest BCUT2D eigenvalue weighted by Gasteiger charge is -2.12. The Labute approximate surface area is 156 Å². The molecule has 1 aromatic carbocycles. The first-order valence-electron chi connectivity index (χ1n) is 8.08. The highest BCUT2D eigenvalue weighted by Gasteiger charge is 2.27. The predicted molar refractivity (Wildman–Crippen MR) is 94.7 cm³/mol. The van der Waals surface area contributed by atoms with Crippen LogP contribution in [0.25, 0.3) is 11.5 Å². The summed E-state index contributed by atoms with van der Waals surface area (Å²) in [5.41, 5.74) is 1.06. The summed E-state index contributed by atoms with van der Waals surface area (Å²) in [6.07, 6.45) is 0.633. The summed E-state index contributed by atoms with van der Waals surface area (Å²) in [4.78, 5) is 17.5. The summed E-state index contributed by atoms with van der Waals surface area (Å²) in [6, 6.07) is 2.56. The van der Waals surface area contributed by atoms with Gasteiger partial charge in [-0.3, -0.25) is 5.32 Å². The smallest absolute Gasteiger partial charge is 0.324 e. The number of thiophene rings is 1. The molecule has 3 aromatic rings. The summed E-state index contributed by atoms with van der Waals surface area (Å²) in [7, 11) is 0. The third kappa shape index (κ3) is 3.40. The number of ether oxygens (including phenoxy) is 1. The fraction of sp³-hybridized carbons (Fsp3) is 0.235. The molecule has 27 heavy (non-hydrogen) atoms. The molecule has 0 spiro atoms. The standard InChI is InChI=1S/C17H14F2N4O3S/c1-8-20-15(26-23-8)13-9-5-6-25-7-12(9)27-16(13)22-17(24)21-14-10(18)3-2-4-11(14)19/h2-4H,5-7H2,1H3,(H2,21,22,24). The van der Waals surface area contributed by atoms with Crippen LogP contribution in [0.1, 0.15) is 16.3 Å². The maximum Gasteiger partial charge on any atom is 0.324 e. The van der Waals surface area contributed by atoms with Crippen LogP contribution >= 0.6 is 11.3 Å². The average Bonchev–Trinajstić information content (AvgIpc) is 3.21. The molecule has 0 bridgehead atoms. The molecule has 140 valence electrons. The number of benzene rings is 1. The molecule has 0 unspecified atom stereocenters. The summed E-state index contributed by atoms with van der Waals surface area (Å²) < 4.78 is 38.2. The Morgan fingerprint density at radius 3 is 2.74 bits per heavy atom. The summed E-state index contributed by atoms with van der Waals surface area (Å²) in [6.45, 7) is 2.64. The van der Waals surface area contributed by atoms with E-state index < -0.39 is 23.4 Å². The van der Waals surface area contributed by atoms with Crippen LogP contribution in [0, 0.1) is 18.6 Å². The van der Waals surface area contributed by atoms with Gasteiger partial charge in [0.25, 0.3) is 5.89 Å². The van der Waals surface area contributed by atoms with E-state index in [-0.39, 0.29) is 5.89 Å². The molecular formula is C17H14F2N4O3S. The third-order valence-corrected chi connectivity index (χ3v) is 5.11. The minimum atomic E-state index is -0.864. The number of anilines is 2. The molecule has 0 fully saturated rings. The summed E-state index contributed by atoms with van der Waals surface area (Å²) >= 11 is 1.30. The van der Waals surface area contributed by atoms with E-state index in [0.717, 1.165) is 22.6 Å². The van der Waals surface area contributed by atoms with Gasteiger partial charge in [0.2, 0.25) is 0 Å². The van der Waals surface area contributed by atoms with Crippen LogP contribution in [-0.4, -0.2) is 22.8 Å². The highest BCUT2D eigenvalue weighted by atomic mass is 32.1. The van der Waals surface area contributed by atoms with Gasteiger partial charge in [-0.25, -0.2) is 13.6 Å². The van der Waals surface area contributed by atoms with Crippen molar-refractivity contribution in [3.63, 3.8) is 0 Å². The zero-order valence-corrected chi connectivity index (χ0v) is 15.0. The van der Waals surface area contributed by atoms with Crippen LogP contribution in [0.15, 0.2) is 22.7 Å². The van der Waals surface area contributed by atoms with Gasteiger partial charge in [0, 0.05) is 4.88 Å². The van der Waals surface area contributed by atoms with Gasteiger partial charge in [-0.2, -0.15) is 4.98 Å². The van der Waals surface area contributed by atoms with E-state index in [1.165, 1.54) is 17.4 Å². The second-order valence-corrected chi connectivity index (χ2v) is 6.94. The molecule has 0 atom stereocenters. The number of fused-ring (bicyclic) bond motifs is 1. The third-order valence-electron chi connectivity index (χ3n) is 3.99. The van der Waals surface area contributed by atoms with E-state index in [1.54, 1.807) is 6.92 Å². The van der Waals surface area contributed by atoms with Gasteiger partial charge < -0.3 is 14.6 Å². The van der Waals surface area contributed by atoms with Crippen molar-refractivity contribution in [1.82, 2.24) is 10.1 Å². The Kier molecular flexibility index (Phi) is 4.58.